The molecular weight excluding hydrogens is 372 g/mol. The molecule has 0 unspecified atom stereocenters. The lowest BCUT2D eigenvalue weighted by Crippen LogP contribution is -2.39. The van der Waals surface area contributed by atoms with E-state index in [-0.39, 0.29) is 18.5 Å². The molecule has 0 amide bonds. The molecule has 5 rings (SSSR count). The Balaban J connectivity index is 1.30. The molecule has 0 saturated carbocycles. The van der Waals surface area contributed by atoms with Crippen LogP contribution in [0.5, 0.6) is 17.2 Å². The highest BCUT2D eigenvalue weighted by Gasteiger charge is 2.24. The van der Waals surface area contributed by atoms with Crippen molar-refractivity contribution in [2.75, 3.05) is 24.8 Å². The number of ether oxygens (including phenoxy) is 3. The predicted molar refractivity (Wildman–Crippen MR) is 107 cm³/mol. The average molecular weight is 394 g/mol. The molecule has 0 radical (unpaired) electrons. The van der Waals surface area contributed by atoms with Gasteiger partial charge in [0, 0.05) is 43.8 Å². The summed E-state index contributed by atoms with van der Waals surface area (Å²) in [5.41, 5.74) is 2.13. The molecule has 0 aliphatic carbocycles. The van der Waals surface area contributed by atoms with Crippen molar-refractivity contribution in [1.29, 1.82) is 0 Å². The van der Waals surface area contributed by atoms with Crippen molar-refractivity contribution < 1.29 is 14.2 Å². The van der Waals surface area contributed by atoms with E-state index in [0.717, 1.165) is 54.6 Å². The third-order valence-electron chi connectivity index (χ3n) is 5.33. The van der Waals surface area contributed by atoms with Gasteiger partial charge in [0.15, 0.2) is 23.0 Å². The number of anilines is 1. The molecule has 8 nitrogen and oxygen atoms in total. The maximum atomic E-state index is 12.3. The summed E-state index contributed by atoms with van der Waals surface area (Å²) >= 11 is 0. The first kappa shape index (κ1) is 17.8. The number of aromatic nitrogens is 3. The van der Waals surface area contributed by atoms with E-state index in [1.807, 2.05) is 38.1 Å². The van der Waals surface area contributed by atoms with Gasteiger partial charge >= 0.3 is 0 Å². The van der Waals surface area contributed by atoms with E-state index < -0.39 is 0 Å². The fraction of sp³-hybridized carbons (Fsp3) is 0.381. The third kappa shape index (κ3) is 3.35. The lowest BCUT2D eigenvalue weighted by atomic mass is 10.1. The zero-order valence-corrected chi connectivity index (χ0v) is 16.4. The quantitative estimate of drug-likeness (QED) is 0.675. The van der Waals surface area contributed by atoms with Crippen LogP contribution in [0.1, 0.15) is 24.1 Å². The number of rotatable bonds is 3. The Morgan fingerprint density at radius 3 is 2.69 bits per heavy atom. The van der Waals surface area contributed by atoms with Gasteiger partial charge in [0.25, 0.3) is 5.56 Å². The molecular formula is C21H22N4O4. The molecule has 3 aromatic rings. The number of fused-ring (bicyclic) bond motifs is 2. The first-order valence-electron chi connectivity index (χ1n) is 9.76. The minimum absolute atomic E-state index is 0.124. The molecule has 0 bridgehead atoms. The van der Waals surface area contributed by atoms with Gasteiger partial charge in [0.05, 0.1) is 0 Å². The lowest BCUT2D eigenvalue weighted by Gasteiger charge is -2.33. The molecule has 4 heterocycles. The third-order valence-corrected chi connectivity index (χ3v) is 5.33. The molecule has 2 aliphatic heterocycles. The van der Waals surface area contributed by atoms with Crippen LogP contribution >= 0.6 is 0 Å². The first-order chi connectivity index (χ1) is 14.1. The zero-order valence-electron chi connectivity index (χ0n) is 16.4. The van der Waals surface area contributed by atoms with E-state index in [9.17, 15) is 4.79 Å². The summed E-state index contributed by atoms with van der Waals surface area (Å²) in [6.45, 7) is 5.69. The summed E-state index contributed by atoms with van der Waals surface area (Å²) in [6, 6.07) is 9.10. The number of aryl methyl sites for hydroxylation is 2. The maximum absolute atomic E-state index is 12.3. The molecule has 1 aromatic carbocycles. The molecule has 8 heteroatoms. The Hall–Kier alpha value is -3.29. The van der Waals surface area contributed by atoms with Crippen molar-refractivity contribution in [1.82, 2.24) is 14.6 Å². The van der Waals surface area contributed by atoms with Gasteiger partial charge < -0.3 is 19.1 Å². The highest BCUT2D eigenvalue weighted by atomic mass is 16.7. The van der Waals surface area contributed by atoms with Crippen LogP contribution < -0.4 is 24.7 Å². The highest BCUT2D eigenvalue weighted by Crippen LogP contribution is 2.36. The van der Waals surface area contributed by atoms with E-state index in [1.165, 1.54) is 10.6 Å². The van der Waals surface area contributed by atoms with Gasteiger partial charge in [-0.2, -0.15) is 4.52 Å². The zero-order chi connectivity index (χ0) is 20.0. The topological polar surface area (TPSA) is 78.2 Å². The van der Waals surface area contributed by atoms with Crippen molar-refractivity contribution in [3.63, 3.8) is 0 Å². The Morgan fingerprint density at radius 2 is 1.86 bits per heavy atom. The van der Waals surface area contributed by atoms with Crippen LogP contribution in [0.15, 0.2) is 35.1 Å². The van der Waals surface area contributed by atoms with Gasteiger partial charge in [0.2, 0.25) is 6.79 Å². The molecule has 29 heavy (non-hydrogen) atoms. The SMILES string of the molecule is Cc1cc(=O)n2nc(N3CCC(Oc4ccc5c(c4)OCO5)CC3)c(C)cc2n1. The first-order valence-corrected chi connectivity index (χ1v) is 9.76. The average Bonchev–Trinajstić information content (AvgIpc) is 3.16. The number of benzene rings is 1. The van der Waals surface area contributed by atoms with E-state index in [1.54, 1.807) is 0 Å². The van der Waals surface area contributed by atoms with Crippen LogP contribution in [-0.4, -0.2) is 40.6 Å². The molecule has 2 aromatic heterocycles. The second kappa shape index (κ2) is 6.95. The summed E-state index contributed by atoms with van der Waals surface area (Å²) in [5, 5.41) is 4.58. The number of piperidine rings is 1. The largest absolute Gasteiger partial charge is 0.490 e. The van der Waals surface area contributed by atoms with Crippen LogP contribution in [0.2, 0.25) is 0 Å². The maximum Gasteiger partial charge on any atom is 0.274 e. The van der Waals surface area contributed by atoms with Crippen molar-refractivity contribution in [3.05, 3.63) is 51.9 Å². The van der Waals surface area contributed by atoms with E-state index >= 15 is 0 Å². The van der Waals surface area contributed by atoms with Crippen LogP contribution in [0.25, 0.3) is 5.65 Å². The van der Waals surface area contributed by atoms with E-state index in [0.29, 0.717) is 11.3 Å². The fourth-order valence-electron chi connectivity index (χ4n) is 3.88. The van der Waals surface area contributed by atoms with E-state index in [2.05, 4.69) is 15.0 Å². The molecule has 150 valence electrons. The predicted octanol–water partition coefficient (Wildman–Crippen LogP) is 2.48. The van der Waals surface area contributed by atoms with Crippen molar-refractivity contribution >= 4 is 11.5 Å². The standard InChI is InChI=1S/C21H22N4O4/c1-13-9-19-22-14(2)10-20(26)25(19)23-21(13)24-7-5-15(6-8-24)29-16-3-4-17-18(11-16)28-12-27-17/h3-4,9-11,15H,5-8,12H2,1-2H3. The van der Waals surface area contributed by atoms with Gasteiger partial charge in [-0.25, -0.2) is 4.98 Å². The summed E-state index contributed by atoms with van der Waals surface area (Å²) in [6.07, 6.45) is 1.86. The summed E-state index contributed by atoms with van der Waals surface area (Å²) < 4.78 is 18.3. The van der Waals surface area contributed by atoms with Crippen molar-refractivity contribution in [3.8, 4) is 17.2 Å². The minimum atomic E-state index is -0.158. The number of nitrogens with zero attached hydrogens (tertiary/aromatic N) is 4. The molecule has 2 aliphatic rings. The highest BCUT2D eigenvalue weighted by molar-refractivity contribution is 5.53. The van der Waals surface area contributed by atoms with Crippen LogP contribution in [-0.2, 0) is 0 Å². The van der Waals surface area contributed by atoms with Crippen LogP contribution in [0.3, 0.4) is 0 Å². The van der Waals surface area contributed by atoms with E-state index in [4.69, 9.17) is 14.2 Å². The van der Waals surface area contributed by atoms with Crippen LogP contribution in [0, 0.1) is 13.8 Å². The molecule has 0 spiro atoms. The molecule has 0 N–H and O–H groups in total. The lowest BCUT2D eigenvalue weighted by molar-refractivity contribution is 0.167. The second-order valence-corrected chi connectivity index (χ2v) is 7.48. The van der Waals surface area contributed by atoms with Gasteiger partial charge in [-0.05, 0) is 37.6 Å². The van der Waals surface area contributed by atoms with Crippen LogP contribution in [0.4, 0.5) is 5.82 Å². The minimum Gasteiger partial charge on any atom is -0.490 e. The van der Waals surface area contributed by atoms with Gasteiger partial charge in [-0.15, -0.1) is 5.10 Å². The summed E-state index contributed by atoms with van der Waals surface area (Å²) in [7, 11) is 0. The molecule has 1 fully saturated rings. The Morgan fingerprint density at radius 1 is 1.07 bits per heavy atom. The van der Waals surface area contributed by atoms with Crippen molar-refractivity contribution in [2.24, 2.45) is 0 Å². The summed E-state index contributed by atoms with van der Waals surface area (Å²) in [4.78, 5) is 18.9. The smallest absolute Gasteiger partial charge is 0.274 e. The monoisotopic (exact) mass is 394 g/mol. The Labute approximate surface area is 167 Å². The molecule has 1 saturated heterocycles. The fourth-order valence-corrected chi connectivity index (χ4v) is 3.88. The number of hydrogen-bond acceptors (Lipinski definition) is 7. The van der Waals surface area contributed by atoms with Gasteiger partial charge in [0.1, 0.15) is 11.9 Å². The second-order valence-electron chi connectivity index (χ2n) is 7.48. The normalized spacial score (nSPS) is 16.4. The van der Waals surface area contributed by atoms with Gasteiger partial charge in [-0.3, -0.25) is 4.79 Å². The molecule has 0 atom stereocenters. The summed E-state index contributed by atoms with van der Waals surface area (Å²) in [5.74, 6) is 3.10. The Kier molecular flexibility index (Phi) is 4.26. The number of hydrogen-bond donors (Lipinski definition) is 0. The van der Waals surface area contributed by atoms with Gasteiger partial charge in [-0.1, -0.05) is 0 Å². The Bertz CT molecular complexity index is 1140. The van der Waals surface area contributed by atoms with Crippen molar-refractivity contribution in [2.45, 2.75) is 32.8 Å².